The lowest BCUT2D eigenvalue weighted by Crippen LogP contribution is -2.56. The van der Waals surface area contributed by atoms with Crippen molar-refractivity contribution < 1.29 is 4.79 Å². The predicted octanol–water partition coefficient (Wildman–Crippen LogP) is 1.10. The molecule has 0 atom stereocenters. The number of piperidine rings is 1. The minimum absolute atomic E-state index is 0.0493. The Morgan fingerprint density at radius 3 is 2.00 bits per heavy atom. The number of nitrogens with one attached hydrogen (secondary N) is 1. The number of rotatable bonds is 2. The Balaban J connectivity index is 2.41. The maximum Gasteiger partial charge on any atom is 0.239 e. The van der Waals surface area contributed by atoms with Crippen molar-refractivity contribution in [2.45, 2.75) is 64.6 Å². The minimum Gasteiger partial charge on any atom is -0.352 e. The number of nitrogens with two attached hydrogens (primary N) is 1. The molecule has 1 fully saturated rings. The number of amides is 1. The summed E-state index contributed by atoms with van der Waals surface area (Å²) in [5.74, 6) is -0.0493. The monoisotopic (exact) mass is 241 g/mol. The largest absolute Gasteiger partial charge is 0.352 e. The van der Waals surface area contributed by atoms with Crippen LogP contribution in [0.2, 0.25) is 0 Å². The second kappa shape index (κ2) is 4.94. The highest BCUT2D eigenvalue weighted by molar-refractivity contribution is 5.85. The van der Waals surface area contributed by atoms with Gasteiger partial charge in [0.15, 0.2) is 0 Å². The Morgan fingerprint density at radius 2 is 1.65 bits per heavy atom. The molecule has 0 aromatic heterocycles. The van der Waals surface area contributed by atoms with E-state index >= 15 is 0 Å². The molecule has 0 saturated carbocycles. The van der Waals surface area contributed by atoms with Crippen molar-refractivity contribution in [2.75, 3.05) is 13.1 Å². The van der Waals surface area contributed by atoms with Crippen LogP contribution in [0.4, 0.5) is 0 Å². The van der Waals surface area contributed by atoms with Gasteiger partial charge in [0, 0.05) is 24.7 Å². The van der Waals surface area contributed by atoms with E-state index in [0.29, 0.717) is 0 Å². The smallest absolute Gasteiger partial charge is 0.239 e. The fourth-order valence-corrected chi connectivity index (χ4v) is 2.07. The Morgan fingerprint density at radius 1 is 1.18 bits per heavy atom. The summed E-state index contributed by atoms with van der Waals surface area (Å²) < 4.78 is 0. The maximum absolute atomic E-state index is 11.8. The molecular formula is C13H27N3O. The van der Waals surface area contributed by atoms with Crippen molar-refractivity contribution in [3.8, 4) is 0 Å². The van der Waals surface area contributed by atoms with Crippen LogP contribution in [0.15, 0.2) is 0 Å². The van der Waals surface area contributed by atoms with E-state index in [4.69, 9.17) is 5.73 Å². The molecule has 0 aliphatic carbocycles. The van der Waals surface area contributed by atoms with E-state index in [1.54, 1.807) is 13.8 Å². The molecule has 1 aliphatic heterocycles. The molecule has 4 nitrogen and oxygen atoms in total. The van der Waals surface area contributed by atoms with Crippen molar-refractivity contribution in [3.63, 3.8) is 0 Å². The van der Waals surface area contributed by atoms with Gasteiger partial charge in [0.25, 0.3) is 0 Å². The lowest BCUT2D eigenvalue weighted by Gasteiger charge is -2.41. The second-order valence-electron chi connectivity index (χ2n) is 6.63. The zero-order valence-electron chi connectivity index (χ0n) is 11.8. The van der Waals surface area contributed by atoms with E-state index in [2.05, 4.69) is 31.0 Å². The maximum atomic E-state index is 11.8. The first kappa shape index (κ1) is 14.5. The zero-order chi connectivity index (χ0) is 13.3. The molecule has 3 N–H and O–H groups in total. The van der Waals surface area contributed by atoms with Crippen molar-refractivity contribution in [2.24, 2.45) is 5.73 Å². The van der Waals surface area contributed by atoms with E-state index in [1.807, 2.05) is 0 Å². The standard InChI is InChI=1S/C13H27N3O/c1-12(2,3)16-8-6-10(7-9-16)15-11(17)13(4,5)14/h10H,6-9,14H2,1-5H3,(H,15,17). The van der Waals surface area contributed by atoms with E-state index < -0.39 is 5.54 Å². The summed E-state index contributed by atoms with van der Waals surface area (Å²) in [5.41, 5.74) is 5.22. The molecule has 0 aromatic rings. The van der Waals surface area contributed by atoms with Crippen molar-refractivity contribution in [1.29, 1.82) is 0 Å². The van der Waals surface area contributed by atoms with Gasteiger partial charge in [0.05, 0.1) is 5.54 Å². The first-order valence-electron chi connectivity index (χ1n) is 6.45. The number of nitrogens with zero attached hydrogens (tertiary/aromatic N) is 1. The number of carbonyl (C=O) groups is 1. The van der Waals surface area contributed by atoms with Gasteiger partial charge in [-0.1, -0.05) is 0 Å². The average molecular weight is 241 g/mol. The van der Waals surface area contributed by atoms with E-state index in [0.717, 1.165) is 25.9 Å². The fourth-order valence-electron chi connectivity index (χ4n) is 2.07. The van der Waals surface area contributed by atoms with Crippen LogP contribution in [0, 0.1) is 0 Å². The highest BCUT2D eigenvalue weighted by atomic mass is 16.2. The molecule has 0 spiro atoms. The van der Waals surface area contributed by atoms with Crippen molar-refractivity contribution >= 4 is 5.91 Å². The fraction of sp³-hybridized carbons (Fsp3) is 0.923. The molecular weight excluding hydrogens is 214 g/mol. The molecule has 1 amide bonds. The number of carbonyl (C=O) groups excluding carboxylic acids is 1. The van der Waals surface area contributed by atoms with Crippen LogP contribution in [0.3, 0.4) is 0 Å². The summed E-state index contributed by atoms with van der Waals surface area (Å²) in [6, 6.07) is 0.281. The van der Waals surface area contributed by atoms with Gasteiger partial charge in [-0.05, 0) is 47.5 Å². The zero-order valence-corrected chi connectivity index (χ0v) is 11.8. The summed E-state index contributed by atoms with van der Waals surface area (Å²) in [4.78, 5) is 14.2. The first-order chi connectivity index (χ1) is 7.60. The summed E-state index contributed by atoms with van der Waals surface area (Å²) in [6.07, 6.45) is 2.03. The topological polar surface area (TPSA) is 58.4 Å². The SMILES string of the molecule is CC(C)(N)C(=O)NC1CCN(C(C)(C)C)CC1. The summed E-state index contributed by atoms with van der Waals surface area (Å²) >= 11 is 0. The Kier molecular flexibility index (Phi) is 4.20. The molecule has 1 aliphatic rings. The van der Waals surface area contributed by atoms with Crippen LogP contribution in [0.25, 0.3) is 0 Å². The van der Waals surface area contributed by atoms with Crippen molar-refractivity contribution in [3.05, 3.63) is 0 Å². The number of hydrogen-bond acceptors (Lipinski definition) is 3. The molecule has 1 saturated heterocycles. The lowest BCUT2D eigenvalue weighted by atomic mass is 9.97. The lowest BCUT2D eigenvalue weighted by molar-refractivity contribution is -0.126. The van der Waals surface area contributed by atoms with E-state index in [-0.39, 0.29) is 17.5 Å². The van der Waals surface area contributed by atoms with E-state index in [1.165, 1.54) is 0 Å². The normalized spacial score (nSPS) is 20.4. The highest BCUT2D eigenvalue weighted by Crippen LogP contribution is 2.20. The van der Waals surface area contributed by atoms with Gasteiger partial charge in [-0.15, -0.1) is 0 Å². The Bertz CT molecular complexity index is 267. The number of hydrogen-bond donors (Lipinski definition) is 2. The molecule has 17 heavy (non-hydrogen) atoms. The van der Waals surface area contributed by atoms with Crippen LogP contribution in [0.1, 0.15) is 47.5 Å². The van der Waals surface area contributed by atoms with Gasteiger partial charge < -0.3 is 11.1 Å². The minimum atomic E-state index is -0.777. The van der Waals surface area contributed by atoms with Gasteiger partial charge in [-0.2, -0.15) is 0 Å². The van der Waals surface area contributed by atoms with Crippen molar-refractivity contribution in [1.82, 2.24) is 10.2 Å². The molecule has 100 valence electrons. The van der Waals surface area contributed by atoms with Gasteiger partial charge in [-0.3, -0.25) is 9.69 Å². The molecule has 0 unspecified atom stereocenters. The molecule has 0 radical (unpaired) electrons. The quantitative estimate of drug-likeness (QED) is 0.761. The third-order valence-electron chi connectivity index (χ3n) is 3.36. The Hall–Kier alpha value is -0.610. The number of likely N-dealkylation sites (tertiary alicyclic amines) is 1. The summed E-state index contributed by atoms with van der Waals surface area (Å²) in [6.45, 7) is 12.3. The third kappa shape index (κ3) is 4.28. The third-order valence-corrected chi connectivity index (χ3v) is 3.36. The molecule has 0 bridgehead atoms. The van der Waals surface area contributed by atoms with E-state index in [9.17, 15) is 4.79 Å². The predicted molar refractivity (Wildman–Crippen MR) is 70.8 cm³/mol. The van der Waals surface area contributed by atoms with Gasteiger partial charge in [-0.25, -0.2) is 0 Å². The summed E-state index contributed by atoms with van der Waals surface area (Å²) in [5, 5.41) is 3.04. The molecule has 1 rings (SSSR count). The first-order valence-corrected chi connectivity index (χ1v) is 6.45. The van der Waals surface area contributed by atoms with Crippen LogP contribution < -0.4 is 11.1 Å². The Labute approximate surface area is 105 Å². The molecule has 1 heterocycles. The highest BCUT2D eigenvalue weighted by Gasteiger charge is 2.30. The average Bonchev–Trinajstić information content (AvgIpc) is 2.15. The molecule has 0 aromatic carbocycles. The van der Waals surface area contributed by atoms with Crippen LogP contribution >= 0.6 is 0 Å². The second-order valence-corrected chi connectivity index (χ2v) is 6.63. The van der Waals surface area contributed by atoms with Gasteiger partial charge >= 0.3 is 0 Å². The molecule has 4 heteroatoms. The van der Waals surface area contributed by atoms with Gasteiger partial charge in [0.1, 0.15) is 0 Å². The summed E-state index contributed by atoms with van der Waals surface area (Å²) in [7, 11) is 0. The van der Waals surface area contributed by atoms with Gasteiger partial charge in [0.2, 0.25) is 5.91 Å². The van der Waals surface area contributed by atoms with Crippen LogP contribution in [0.5, 0.6) is 0 Å². The van der Waals surface area contributed by atoms with Crippen LogP contribution in [-0.4, -0.2) is 41.0 Å². The van der Waals surface area contributed by atoms with Crippen LogP contribution in [-0.2, 0) is 4.79 Å².